The Balaban J connectivity index is 2.83. The summed E-state index contributed by atoms with van der Waals surface area (Å²) in [5.74, 6) is 0. The quantitative estimate of drug-likeness (QED) is 0.392. The summed E-state index contributed by atoms with van der Waals surface area (Å²) >= 11 is 0. The first-order valence-corrected chi connectivity index (χ1v) is 4.56. The molecule has 0 aromatic carbocycles. The number of rotatable bonds is 3. The van der Waals surface area contributed by atoms with Gasteiger partial charge in [-0.2, -0.15) is 8.46 Å². The van der Waals surface area contributed by atoms with Crippen molar-refractivity contribution in [2.24, 2.45) is 0 Å². The van der Waals surface area contributed by atoms with Crippen LogP contribution in [0.15, 0.2) is 0 Å². The molecule has 0 heterocycles. The molecule has 0 aliphatic heterocycles. The third kappa shape index (κ3) is 4.35. The second-order valence-corrected chi connectivity index (χ2v) is 3.54. The van der Waals surface area contributed by atoms with Crippen LogP contribution in [0.1, 0.15) is 13.3 Å². The molecule has 0 radical (unpaired) electrons. The minimum absolute atomic E-state index is 0.977. The molecule has 0 aliphatic carbocycles. The van der Waals surface area contributed by atoms with Crippen LogP contribution in [0.4, 0.5) is 0 Å². The molecule has 0 aromatic rings. The molecule has 0 fully saturated rings. The molecule has 0 amide bonds. The highest BCUT2D eigenvalue weighted by Crippen LogP contribution is 2.13. The maximum absolute atomic E-state index is 2.32. The fourth-order valence-electron chi connectivity index (χ4n) is 0.577. The molecule has 0 nitrogen and oxygen atoms in total. The summed E-state index contributed by atoms with van der Waals surface area (Å²) in [6, 6.07) is 0. The van der Waals surface area contributed by atoms with Crippen LogP contribution >= 0.6 is 8.46 Å². The summed E-state index contributed by atoms with van der Waals surface area (Å²) in [5, 5.41) is 0. The van der Waals surface area contributed by atoms with Crippen molar-refractivity contribution in [3.63, 3.8) is 0 Å². The highest BCUT2D eigenvalue weighted by atomic mass is 31.1. The monoisotopic (exact) mass is 116 g/mol. The van der Waals surface area contributed by atoms with Crippen LogP contribution in [0.5, 0.6) is 0 Å². The lowest BCUT2D eigenvalue weighted by atomic mass is 9.74. The smallest absolute Gasteiger partial charge is 0.159 e. The van der Waals surface area contributed by atoms with Crippen LogP contribution in [0.3, 0.4) is 0 Å². The normalized spacial score (nSPS) is 10.7. The van der Waals surface area contributed by atoms with Gasteiger partial charge in [-0.05, 0) is 0 Å². The summed E-state index contributed by atoms with van der Waals surface area (Å²) in [4.78, 5) is 0. The van der Waals surface area contributed by atoms with E-state index in [2.05, 4.69) is 20.4 Å². The second-order valence-electron chi connectivity index (χ2n) is 1.98. The molecule has 7 heavy (non-hydrogen) atoms. The lowest BCUT2D eigenvalue weighted by Crippen LogP contribution is -1.94. The van der Waals surface area contributed by atoms with Gasteiger partial charge in [0.1, 0.15) is 0 Å². The Labute approximate surface area is 48.9 Å². The van der Waals surface area contributed by atoms with Crippen molar-refractivity contribution in [3.8, 4) is 0 Å². The van der Waals surface area contributed by atoms with Gasteiger partial charge in [0.25, 0.3) is 0 Å². The summed E-state index contributed by atoms with van der Waals surface area (Å²) in [7, 11) is 1.14. The van der Waals surface area contributed by atoms with Crippen LogP contribution in [0, 0.1) is 0 Å². The average Bonchev–Trinajstić information content (AvgIpc) is 1.68. The SMILES string of the molecule is CCCB(C)PC. The standard InChI is InChI=1S/C5H14BP/c1-4-5-6(2)7-3/h7H,4-5H2,1-3H3. The Bertz CT molecular complexity index is 39.1. The van der Waals surface area contributed by atoms with Crippen LogP contribution in [-0.2, 0) is 0 Å². The molecule has 42 valence electrons. The molecule has 0 N–H and O–H groups in total. The van der Waals surface area contributed by atoms with Gasteiger partial charge in [-0.25, -0.2) is 0 Å². The molecule has 1 atom stereocenters. The van der Waals surface area contributed by atoms with Crippen LogP contribution in [0.25, 0.3) is 0 Å². The lowest BCUT2D eigenvalue weighted by Gasteiger charge is -1.98. The van der Waals surface area contributed by atoms with Gasteiger partial charge in [0, 0.05) is 0 Å². The zero-order valence-electron chi connectivity index (χ0n) is 5.49. The van der Waals surface area contributed by atoms with Crippen molar-refractivity contribution in [2.45, 2.75) is 26.5 Å². The highest BCUT2D eigenvalue weighted by molar-refractivity contribution is 7.75. The van der Waals surface area contributed by atoms with Crippen LogP contribution in [0.2, 0.25) is 13.1 Å². The molecule has 0 saturated carbocycles. The summed E-state index contributed by atoms with van der Waals surface area (Å²) in [5.41, 5.74) is 0. The summed E-state index contributed by atoms with van der Waals surface area (Å²) in [6.07, 6.45) is 3.74. The van der Waals surface area contributed by atoms with Crippen LogP contribution in [-0.4, -0.2) is 13.1 Å². The third-order valence-electron chi connectivity index (χ3n) is 1.21. The minimum Gasteiger partial charge on any atom is -0.159 e. The van der Waals surface area contributed by atoms with Crippen molar-refractivity contribution in [1.29, 1.82) is 0 Å². The number of hydrogen-bond donors (Lipinski definition) is 0. The molecular formula is C5H14BP. The average molecular weight is 116 g/mol. The molecule has 0 rings (SSSR count). The zero-order chi connectivity index (χ0) is 5.70. The van der Waals surface area contributed by atoms with Gasteiger partial charge in [-0.15, -0.1) is 0 Å². The van der Waals surface area contributed by atoms with E-state index in [9.17, 15) is 0 Å². The van der Waals surface area contributed by atoms with Gasteiger partial charge in [0.15, 0.2) is 6.43 Å². The first-order chi connectivity index (χ1) is 3.31. The maximum Gasteiger partial charge on any atom is 0.163 e. The Morgan fingerprint density at radius 3 is 2.29 bits per heavy atom. The van der Waals surface area contributed by atoms with E-state index in [-0.39, 0.29) is 0 Å². The van der Waals surface area contributed by atoms with Gasteiger partial charge in [-0.3, -0.25) is 0 Å². The van der Waals surface area contributed by atoms with E-state index in [0.29, 0.717) is 0 Å². The summed E-state index contributed by atoms with van der Waals surface area (Å²) < 4.78 is 0. The molecule has 0 saturated heterocycles. The molecule has 1 unspecified atom stereocenters. The van der Waals surface area contributed by atoms with E-state index < -0.39 is 0 Å². The van der Waals surface area contributed by atoms with E-state index in [4.69, 9.17) is 0 Å². The predicted octanol–water partition coefficient (Wildman–Crippen LogP) is 2.33. The highest BCUT2D eigenvalue weighted by Gasteiger charge is 1.98. The predicted molar refractivity (Wildman–Crippen MR) is 41.0 cm³/mol. The van der Waals surface area contributed by atoms with Gasteiger partial charge < -0.3 is 0 Å². The van der Waals surface area contributed by atoms with E-state index in [1.165, 1.54) is 12.7 Å². The van der Waals surface area contributed by atoms with Crippen molar-refractivity contribution >= 4 is 14.9 Å². The fraction of sp³-hybridized carbons (Fsp3) is 1.00. The Morgan fingerprint density at radius 1 is 1.57 bits per heavy atom. The first kappa shape index (κ1) is 7.49. The fourth-order valence-corrected chi connectivity index (χ4v) is 1.15. The Hall–Kier alpha value is 0.495. The number of hydrogen-bond acceptors (Lipinski definition) is 0. The van der Waals surface area contributed by atoms with Gasteiger partial charge >= 0.3 is 0 Å². The molecule has 2 heteroatoms. The second kappa shape index (κ2) is 4.65. The Morgan fingerprint density at radius 2 is 2.14 bits per heavy atom. The third-order valence-corrected chi connectivity index (χ3v) is 2.49. The van der Waals surface area contributed by atoms with Crippen molar-refractivity contribution in [3.05, 3.63) is 0 Å². The van der Waals surface area contributed by atoms with E-state index in [0.717, 1.165) is 14.9 Å². The topological polar surface area (TPSA) is 0 Å². The zero-order valence-corrected chi connectivity index (χ0v) is 6.49. The van der Waals surface area contributed by atoms with Crippen LogP contribution < -0.4 is 0 Å². The van der Waals surface area contributed by atoms with Gasteiger partial charge in [-0.1, -0.05) is 33.2 Å². The van der Waals surface area contributed by atoms with E-state index in [1.807, 2.05) is 0 Å². The molecule has 0 aliphatic rings. The minimum atomic E-state index is 0.977. The largest absolute Gasteiger partial charge is 0.163 e. The van der Waals surface area contributed by atoms with Crippen molar-refractivity contribution in [2.75, 3.05) is 6.66 Å². The lowest BCUT2D eigenvalue weighted by molar-refractivity contribution is 1.07. The van der Waals surface area contributed by atoms with E-state index in [1.54, 1.807) is 0 Å². The molecule has 0 bridgehead atoms. The molecular weight excluding hydrogens is 102 g/mol. The Kier molecular flexibility index (Phi) is 4.98. The van der Waals surface area contributed by atoms with Gasteiger partial charge in [0.05, 0.1) is 0 Å². The van der Waals surface area contributed by atoms with Gasteiger partial charge in [0.2, 0.25) is 0 Å². The van der Waals surface area contributed by atoms with Crippen molar-refractivity contribution < 1.29 is 0 Å². The van der Waals surface area contributed by atoms with E-state index >= 15 is 0 Å². The van der Waals surface area contributed by atoms with Crippen molar-refractivity contribution in [1.82, 2.24) is 0 Å². The first-order valence-electron chi connectivity index (χ1n) is 2.98. The summed E-state index contributed by atoms with van der Waals surface area (Å²) in [6.45, 7) is 6.85. The molecule has 0 aromatic heterocycles. The molecule has 0 spiro atoms. The maximum atomic E-state index is 2.32.